The lowest BCUT2D eigenvalue weighted by Gasteiger charge is -2.12. The van der Waals surface area contributed by atoms with Crippen molar-refractivity contribution in [2.45, 2.75) is 30.1 Å². The maximum atomic E-state index is 6.00. The van der Waals surface area contributed by atoms with E-state index in [2.05, 4.69) is 30.6 Å². The summed E-state index contributed by atoms with van der Waals surface area (Å²) >= 11 is 12.4. The average molecular weight is 341 g/mol. The molecule has 2 aromatic heterocycles. The Morgan fingerprint density at radius 2 is 2.00 bits per heavy atom. The van der Waals surface area contributed by atoms with E-state index < -0.39 is 0 Å². The molecule has 0 saturated heterocycles. The Morgan fingerprint density at radius 3 is 2.67 bits per heavy atom. The second kappa shape index (κ2) is 7.48. The molecule has 0 radical (unpaired) electrons. The van der Waals surface area contributed by atoms with E-state index in [0.29, 0.717) is 26.4 Å². The molecule has 0 fully saturated rings. The lowest BCUT2D eigenvalue weighted by atomic mass is 10.4. The highest BCUT2D eigenvalue weighted by atomic mass is 35.5. The Morgan fingerprint density at radius 1 is 1.29 bits per heavy atom. The molecular formula is C12H13ClN6S2. The van der Waals surface area contributed by atoms with E-state index in [0.717, 1.165) is 0 Å². The van der Waals surface area contributed by atoms with Crippen molar-refractivity contribution in [3.05, 3.63) is 29.7 Å². The lowest BCUT2D eigenvalue weighted by molar-refractivity contribution is 0.738. The monoisotopic (exact) mass is 340 g/mol. The smallest absolute Gasteiger partial charge is 0.231 e. The van der Waals surface area contributed by atoms with Gasteiger partial charge in [-0.3, -0.25) is 0 Å². The standard InChI is InChI=1S/C12H13ClN6S2/c1-7(2)16-11(20)19-10-17-8(13)6-9(18-10)21-12-14-4-3-5-15-12/h3-7H,1-2H3,(H2,16,17,18,19,20). The molecule has 2 rings (SSSR count). The van der Waals surface area contributed by atoms with Crippen LogP contribution in [0.3, 0.4) is 0 Å². The molecule has 21 heavy (non-hydrogen) atoms. The minimum Gasteiger partial charge on any atom is -0.360 e. The minimum absolute atomic E-state index is 0.218. The number of hydrogen-bond acceptors (Lipinski definition) is 6. The van der Waals surface area contributed by atoms with Crippen LogP contribution >= 0.6 is 35.6 Å². The van der Waals surface area contributed by atoms with Crippen LogP contribution in [0.1, 0.15) is 13.8 Å². The van der Waals surface area contributed by atoms with Crippen LogP contribution in [0.4, 0.5) is 5.95 Å². The normalized spacial score (nSPS) is 10.5. The molecule has 0 amide bonds. The van der Waals surface area contributed by atoms with E-state index in [4.69, 9.17) is 23.8 Å². The fourth-order valence-corrected chi connectivity index (χ4v) is 2.63. The van der Waals surface area contributed by atoms with Gasteiger partial charge in [-0.15, -0.1) is 0 Å². The van der Waals surface area contributed by atoms with Crippen molar-refractivity contribution in [2.75, 3.05) is 5.32 Å². The predicted octanol–water partition coefficient (Wildman–Crippen LogP) is 2.77. The summed E-state index contributed by atoms with van der Waals surface area (Å²) < 4.78 is 0. The summed E-state index contributed by atoms with van der Waals surface area (Å²) in [6, 6.07) is 3.61. The number of halogens is 1. The third-order valence-corrected chi connectivity index (χ3v) is 3.28. The number of rotatable bonds is 4. The Hall–Kier alpha value is -1.51. The van der Waals surface area contributed by atoms with Crippen LogP contribution in [-0.2, 0) is 0 Å². The molecule has 0 atom stereocenters. The fourth-order valence-electron chi connectivity index (χ4n) is 1.34. The topological polar surface area (TPSA) is 75.6 Å². The molecule has 110 valence electrons. The van der Waals surface area contributed by atoms with Crippen molar-refractivity contribution in [3.63, 3.8) is 0 Å². The van der Waals surface area contributed by atoms with Gasteiger partial charge in [-0.25, -0.2) is 19.9 Å². The van der Waals surface area contributed by atoms with Crippen LogP contribution in [0.2, 0.25) is 5.15 Å². The van der Waals surface area contributed by atoms with Crippen molar-refractivity contribution in [1.82, 2.24) is 25.3 Å². The summed E-state index contributed by atoms with van der Waals surface area (Å²) in [4.78, 5) is 16.7. The van der Waals surface area contributed by atoms with Crippen molar-refractivity contribution in [2.24, 2.45) is 0 Å². The van der Waals surface area contributed by atoms with Crippen molar-refractivity contribution >= 4 is 46.6 Å². The molecule has 0 unspecified atom stereocenters. The van der Waals surface area contributed by atoms with Crippen LogP contribution in [-0.4, -0.2) is 31.1 Å². The molecule has 0 spiro atoms. The van der Waals surface area contributed by atoms with Crippen LogP contribution in [0.15, 0.2) is 34.7 Å². The highest BCUT2D eigenvalue weighted by molar-refractivity contribution is 7.99. The third-order valence-electron chi connectivity index (χ3n) is 2.05. The third kappa shape index (κ3) is 5.41. The molecule has 9 heteroatoms. The first-order valence-electron chi connectivity index (χ1n) is 6.10. The van der Waals surface area contributed by atoms with E-state index in [9.17, 15) is 0 Å². The van der Waals surface area contributed by atoms with Crippen molar-refractivity contribution in [3.8, 4) is 0 Å². The first kappa shape index (κ1) is 15.9. The van der Waals surface area contributed by atoms with E-state index in [1.165, 1.54) is 11.8 Å². The van der Waals surface area contributed by atoms with Crippen LogP contribution in [0, 0.1) is 0 Å². The number of hydrogen-bond donors (Lipinski definition) is 2. The van der Waals surface area contributed by atoms with Gasteiger partial charge >= 0.3 is 0 Å². The molecule has 0 aliphatic rings. The number of nitrogens with zero attached hydrogens (tertiary/aromatic N) is 4. The second-order valence-electron chi connectivity index (χ2n) is 4.24. The van der Waals surface area contributed by atoms with Gasteiger partial charge in [-0.1, -0.05) is 11.6 Å². The van der Waals surface area contributed by atoms with Gasteiger partial charge in [0.1, 0.15) is 10.2 Å². The summed E-state index contributed by atoms with van der Waals surface area (Å²) in [6.07, 6.45) is 3.33. The first-order chi connectivity index (χ1) is 10.0. The molecule has 6 nitrogen and oxygen atoms in total. The molecule has 0 aliphatic heterocycles. The molecular weight excluding hydrogens is 328 g/mol. The first-order valence-corrected chi connectivity index (χ1v) is 7.70. The maximum absolute atomic E-state index is 6.00. The molecule has 0 aliphatic carbocycles. The summed E-state index contributed by atoms with van der Waals surface area (Å²) in [5.74, 6) is 0.332. The van der Waals surface area contributed by atoms with Gasteiger partial charge in [-0.2, -0.15) is 0 Å². The van der Waals surface area contributed by atoms with E-state index >= 15 is 0 Å². The Bertz CT molecular complexity index is 622. The van der Waals surface area contributed by atoms with Crippen LogP contribution in [0.25, 0.3) is 0 Å². The summed E-state index contributed by atoms with van der Waals surface area (Å²) in [5.41, 5.74) is 0. The van der Waals surface area contributed by atoms with Gasteiger partial charge in [0.05, 0.1) is 0 Å². The summed E-state index contributed by atoms with van der Waals surface area (Å²) in [6.45, 7) is 3.97. The molecule has 0 aromatic carbocycles. The quantitative estimate of drug-likeness (QED) is 0.500. The summed E-state index contributed by atoms with van der Waals surface area (Å²) in [5, 5.41) is 7.93. The number of anilines is 1. The minimum atomic E-state index is 0.218. The highest BCUT2D eigenvalue weighted by Crippen LogP contribution is 2.25. The van der Waals surface area contributed by atoms with Gasteiger partial charge in [0.15, 0.2) is 10.3 Å². The van der Waals surface area contributed by atoms with Gasteiger partial charge in [-0.05, 0) is 43.9 Å². The van der Waals surface area contributed by atoms with E-state index in [1.54, 1.807) is 24.5 Å². The largest absolute Gasteiger partial charge is 0.360 e. The molecule has 0 saturated carbocycles. The predicted molar refractivity (Wildman–Crippen MR) is 87.7 cm³/mol. The summed E-state index contributed by atoms with van der Waals surface area (Å²) in [7, 11) is 0. The van der Waals surface area contributed by atoms with Gasteiger partial charge in [0.25, 0.3) is 0 Å². The zero-order valence-electron chi connectivity index (χ0n) is 11.4. The fraction of sp³-hybridized carbons (Fsp3) is 0.250. The zero-order valence-corrected chi connectivity index (χ0v) is 13.8. The molecule has 2 N–H and O–H groups in total. The second-order valence-corrected chi connectivity index (χ2v) is 6.02. The average Bonchev–Trinajstić information content (AvgIpc) is 2.37. The molecule has 2 aromatic rings. The van der Waals surface area contributed by atoms with Gasteiger partial charge < -0.3 is 10.6 Å². The van der Waals surface area contributed by atoms with Crippen LogP contribution in [0.5, 0.6) is 0 Å². The lowest BCUT2D eigenvalue weighted by Crippen LogP contribution is -2.34. The van der Waals surface area contributed by atoms with Gasteiger partial charge in [0.2, 0.25) is 5.95 Å². The van der Waals surface area contributed by atoms with Crippen LogP contribution < -0.4 is 10.6 Å². The SMILES string of the molecule is CC(C)NC(=S)Nc1nc(Cl)cc(Sc2ncccn2)n1. The zero-order chi connectivity index (χ0) is 15.2. The van der Waals surface area contributed by atoms with Gasteiger partial charge in [0, 0.05) is 24.5 Å². The number of aromatic nitrogens is 4. The van der Waals surface area contributed by atoms with E-state index in [1.807, 2.05) is 13.8 Å². The number of thiocarbonyl (C=S) groups is 1. The van der Waals surface area contributed by atoms with E-state index in [-0.39, 0.29) is 6.04 Å². The Labute approximate surface area is 137 Å². The van der Waals surface area contributed by atoms with Crippen molar-refractivity contribution < 1.29 is 0 Å². The highest BCUT2D eigenvalue weighted by Gasteiger charge is 2.08. The maximum Gasteiger partial charge on any atom is 0.231 e. The Balaban J connectivity index is 2.12. The Kier molecular flexibility index (Phi) is 5.66. The molecule has 0 bridgehead atoms. The number of nitrogens with one attached hydrogen (secondary N) is 2. The van der Waals surface area contributed by atoms with Crippen molar-refractivity contribution in [1.29, 1.82) is 0 Å². The molecule has 2 heterocycles.